The lowest BCUT2D eigenvalue weighted by molar-refractivity contribution is -0.134. The molecule has 3 aromatic carbocycles. The van der Waals surface area contributed by atoms with Crippen molar-refractivity contribution in [1.29, 1.82) is 0 Å². The second-order valence-electron chi connectivity index (χ2n) is 9.90. The van der Waals surface area contributed by atoms with Crippen molar-refractivity contribution in [2.45, 2.75) is 47.7 Å². The van der Waals surface area contributed by atoms with Gasteiger partial charge < -0.3 is 26.8 Å². The van der Waals surface area contributed by atoms with E-state index in [-0.39, 0.29) is 28.6 Å². The van der Waals surface area contributed by atoms with Crippen molar-refractivity contribution in [3.63, 3.8) is 0 Å². The summed E-state index contributed by atoms with van der Waals surface area (Å²) in [5.74, 6) is -0.718. The highest BCUT2D eigenvalue weighted by atomic mass is 32.2. The molecule has 0 radical (unpaired) electrons. The molecular formula is C30H36N4O5S. The number of aryl methyl sites for hydroxylation is 1. The summed E-state index contributed by atoms with van der Waals surface area (Å²) in [6.45, 7) is 1.43. The number of ether oxygens (including phenoxy) is 1. The Morgan fingerprint density at radius 1 is 0.925 bits per heavy atom. The maximum Gasteiger partial charge on any atom is 0.251 e. The molecule has 0 spiro atoms. The average molecular weight is 565 g/mol. The van der Waals surface area contributed by atoms with E-state index in [0.717, 1.165) is 11.1 Å². The van der Waals surface area contributed by atoms with Crippen LogP contribution in [0.15, 0.2) is 89.8 Å². The molecule has 0 bridgehead atoms. The second-order valence-corrected chi connectivity index (χ2v) is 12.0. The zero-order valence-electron chi connectivity index (χ0n) is 22.2. The van der Waals surface area contributed by atoms with E-state index < -0.39 is 33.4 Å². The Bertz CT molecular complexity index is 1360. The Kier molecular flexibility index (Phi) is 10.2. The van der Waals surface area contributed by atoms with Crippen LogP contribution >= 0.6 is 0 Å². The van der Waals surface area contributed by atoms with E-state index >= 15 is 0 Å². The average Bonchev–Trinajstić information content (AvgIpc) is 3.00. The topological polar surface area (TPSA) is 154 Å². The minimum atomic E-state index is -3.94. The van der Waals surface area contributed by atoms with Crippen LogP contribution < -0.4 is 22.1 Å². The molecule has 3 aromatic rings. The van der Waals surface area contributed by atoms with Crippen LogP contribution in [0.4, 0.5) is 0 Å². The fraction of sp³-hybridized carbons (Fsp3) is 0.333. The lowest BCUT2D eigenvalue weighted by atomic mass is 9.97. The molecule has 3 unspecified atom stereocenters. The van der Waals surface area contributed by atoms with Gasteiger partial charge >= 0.3 is 0 Å². The zero-order chi connectivity index (χ0) is 28.5. The minimum absolute atomic E-state index is 0.0166. The van der Waals surface area contributed by atoms with E-state index in [0.29, 0.717) is 32.5 Å². The molecule has 212 valence electrons. The van der Waals surface area contributed by atoms with Gasteiger partial charge in [-0.25, -0.2) is 8.42 Å². The first kappa shape index (κ1) is 29.6. The van der Waals surface area contributed by atoms with Gasteiger partial charge in [-0.05, 0) is 36.1 Å². The first-order valence-electron chi connectivity index (χ1n) is 13.4. The van der Waals surface area contributed by atoms with Gasteiger partial charge in [0.25, 0.3) is 5.91 Å². The summed E-state index contributed by atoms with van der Waals surface area (Å²) in [6.07, 6.45) is 0.587. The summed E-state index contributed by atoms with van der Waals surface area (Å²) in [7, 11) is -3.94. The summed E-state index contributed by atoms with van der Waals surface area (Å²) >= 11 is 0. The van der Waals surface area contributed by atoms with E-state index in [1.807, 2.05) is 60.7 Å². The van der Waals surface area contributed by atoms with E-state index in [9.17, 15) is 18.0 Å². The normalized spacial score (nSPS) is 17.9. The van der Waals surface area contributed by atoms with Crippen LogP contribution in [0.3, 0.4) is 0 Å². The van der Waals surface area contributed by atoms with Gasteiger partial charge in [0.15, 0.2) is 15.6 Å². The van der Waals surface area contributed by atoms with Crippen molar-refractivity contribution < 1.29 is 22.7 Å². The summed E-state index contributed by atoms with van der Waals surface area (Å²) in [5, 5.41) is 4.64. The largest absolute Gasteiger partial charge is 0.366 e. The fourth-order valence-electron chi connectivity index (χ4n) is 4.60. The van der Waals surface area contributed by atoms with Crippen LogP contribution in [0.25, 0.3) is 0 Å². The number of ketones is 1. The highest BCUT2D eigenvalue weighted by Gasteiger charge is 2.31. The predicted octanol–water partition coefficient (Wildman–Crippen LogP) is 1.60. The molecule has 1 aliphatic heterocycles. The third-order valence-corrected chi connectivity index (χ3v) is 8.99. The Balaban J connectivity index is 1.46. The molecule has 1 aliphatic rings. The third kappa shape index (κ3) is 7.61. The van der Waals surface area contributed by atoms with Gasteiger partial charge in [0.05, 0.1) is 17.5 Å². The lowest BCUT2D eigenvalue weighted by Crippen LogP contribution is -2.52. The van der Waals surface area contributed by atoms with Gasteiger partial charge in [-0.2, -0.15) is 0 Å². The van der Waals surface area contributed by atoms with Crippen LogP contribution in [-0.4, -0.2) is 63.4 Å². The number of benzene rings is 3. The molecule has 0 saturated carbocycles. The van der Waals surface area contributed by atoms with Crippen molar-refractivity contribution in [3.05, 3.63) is 102 Å². The maximum absolute atomic E-state index is 13.5. The number of carbonyl (C=O) groups is 2. The van der Waals surface area contributed by atoms with Crippen LogP contribution in [0, 0.1) is 0 Å². The highest BCUT2D eigenvalue weighted by Crippen LogP contribution is 2.19. The molecule has 4 rings (SSSR count). The van der Waals surface area contributed by atoms with Gasteiger partial charge in [-0.1, -0.05) is 72.8 Å². The lowest BCUT2D eigenvalue weighted by Gasteiger charge is -2.25. The van der Waals surface area contributed by atoms with E-state index in [4.69, 9.17) is 16.2 Å². The number of morpholine rings is 1. The van der Waals surface area contributed by atoms with E-state index in [1.54, 1.807) is 0 Å². The van der Waals surface area contributed by atoms with Crippen molar-refractivity contribution in [3.8, 4) is 0 Å². The van der Waals surface area contributed by atoms with Gasteiger partial charge in [0.2, 0.25) is 0 Å². The number of nitrogens with two attached hydrogens (primary N) is 2. The highest BCUT2D eigenvalue weighted by molar-refractivity contribution is 7.92. The number of rotatable bonds is 12. The maximum atomic E-state index is 13.5. The van der Waals surface area contributed by atoms with E-state index in [1.165, 1.54) is 24.3 Å². The molecule has 1 heterocycles. The number of hydrogen-bond acceptors (Lipinski definition) is 8. The van der Waals surface area contributed by atoms with Crippen molar-refractivity contribution >= 4 is 21.5 Å². The molecule has 40 heavy (non-hydrogen) atoms. The molecule has 1 fully saturated rings. The van der Waals surface area contributed by atoms with Gasteiger partial charge in [-0.15, -0.1) is 0 Å². The van der Waals surface area contributed by atoms with Crippen LogP contribution in [-0.2, 0) is 32.2 Å². The van der Waals surface area contributed by atoms with Crippen molar-refractivity contribution in [2.75, 3.05) is 19.7 Å². The Morgan fingerprint density at radius 3 is 2.15 bits per heavy atom. The van der Waals surface area contributed by atoms with E-state index in [2.05, 4.69) is 10.6 Å². The summed E-state index contributed by atoms with van der Waals surface area (Å²) in [4.78, 5) is 26.4. The smallest absolute Gasteiger partial charge is 0.251 e. The minimum Gasteiger partial charge on any atom is -0.366 e. The number of sulfone groups is 1. The molecule has 10 heteroatoms. The Labute approximate surface area is 235 Å². The number of amides is 1. The molecule has 4 atom stereocenters. The number of carbonyl (C=O) groups excluding carboxylic acids is 2. The second kappa shape index (κ2) is 13.8. The quantitative estimate of drug-likeness (QED) is 0.242. The Hall–Kier alpha value is -3.41. The Morgan fingerprint density at radius 2 is 1.55 bits per heavy atom. The molecule has 6 N–H and O–H groups in total. The van der Waals surface area contributed by atoms with Crippen LogP contribution in [0.2, 0.25) is 0 Å². The molecule has 0 aliphatic carbocycles. The predicted molar refractivity (Wildman–Crippen MR) is 153 cm³/mol. The van der Waals surface area contributed by atoms with Gasteiger partial charge in [0, 0.05) is 31.1 Å². The van der Waals surface area contributed by atoms with Crippen molar-refractivity contribution in [2.24, 2.45) is 11.5 Å². The number of hydrogen-bond donors (Lipinski definition) is 4. The monoisotopic (exact) mass is 564 g/mol. The summed E-state index contributed by atoms with van der Waals surface area (Å²) in [5.41, 5.74) is 14.5. The van der Waals surface area contributed by atoms with Gasteiger partial charge in [0.1, 0.15) is 11.5 Å². The summed E-state index contributed by atoms with van der Waals surface area (Å²) in [6, 6.07) is 23.0. The standard InChI is InChI=1S/C30H36N4O5S/c31-25(16-11-21-7-3-1-4-8-21)29(32)40(37,38)24-14-12-23(13-15-24)28(35)26(19-22-9-5-2-6-10-22)34-30(36)27-20-33-17-18-39-27/h1-10,12-15,25-27,29,33H,11,16-20,31-32H2,(H,34,36)/t25?,26-,27?,29?/m0/s1. The third-order valence-electron chi connectivity index (χ3n) is 6.99. The SMILES string of the molecule is NC(CCc1ccccc1)C(N)S(=O)(=O)c1ccc(C(=O)[C@H](Cc2ccccc2)NC(=O)C2CNCCO2)cc1. The number of nitrogens with one attached hydrogen (secondary N) is 2. The summed E-state index contributed by atoms with van der Waals surface area (Å²) < 4.78 is 31.9. The first-order valence-corrected chi connectivity index (χ1v) is 14.9. The van der Waals surface area contributed by atoms with Crippen LogP contribution in [0.5, 0.6) is 0 Å². The fourth-order valence-corrected chi connectivity index (χ4v) is 6.02. The molecule has 1 saturated heterocycles. The molecular weight excluding hydrogens is 528 g/mol. The molecule has 9 nitrogen and oxygen atoms in total. The number of Topliss-reactive ketones (excluding diaryl/α,β-unsaturated/α-hetero) is 1. The molecule has 0 aromatic heterocycles. The van der Waals surface area contributed by atoms with Crippen molar-refractivity contribution in [1.82, 2.24) is 10.6 Å². The van der Waals surface area contributed by atoms with Crippen LogP contribution in [0.1, 0.15) is 27.9 Å². The first-order chi connectivity index (χ1) is 19.3. The molecule has 1 amide bonds. The zero-order valence-corrected chi connectivity index (χ0v) is 23.1. The van der Waals surface area contributed by atoms with Gasteiger partial charge in [-0.3, -0.25) is 9.59 Å².